The normalized spacial score (nSPS) is 21.4. The first-order chi connectivity index (χ1) is 10.3. The average Bonchev–Trinajstić information content (AvgIpc) is 2.53. The molecule has 2 aliphatic carbocycles. The van der Waals surface area contributed by atoms with Gasteiger partial charge in [0.25, 0.3) is 0 Å². The molecule has 0 amide bonds. The highest BCUT2D eigenvalue weighted by Gasteiger charge is 2.29. The second kappa shape index (κ2) is 6.72. The zero-order valence-electron chi connectivity index (χ0n) is 13.5. The molecule has 0 radical (unpaired) electrons. The minimum absolute atomic E-state index is 0.738. The van der Waals surface area contributed by atoms with Crippen LogP contribution in [0.5, 0.6) is 0 Å². The fraction of sp³-hybridized carbons (Fsp3) is 0.684. The Bertz CT molecular complexity index is 439. The smallest absolute Gasteiger partial charge is 0.0421 e. The molecular formula is C19H30N2. The summed E-state index contributed by atoms with van der Waals surface area (Å²) in [5, 5.41) is 0. The van der Waals surface area contributed by atoms with E-state index >= 15 is 0 Å². The molecule has 0 saturated heterocycles. The zero-order chi connectivity index (χ0) is 14.7. The van der Waals surface area contributed by atoms with Gasteiger partial charge in [0.05, 0.1) is 0 Å². The molecule has 1 aromatic carbocycles. The fourth-order valence-corrected chi connectivity index (χ4v) is 4.31. The maximum atomic E-state index is 6.10. The summed E-state index contributed by atoms with van der Waals surface area (Å²) in [5.74, 6) is 0. The number of anilines is 2. The summed E-state index contributed by atoms with van der Waals surface area (Å²) < 4.78 is 0. The van der Waals surface area contributed by atoms with E-state index in [1.807, 2.05) is 6.07 Å². The minimum Gasteiger partial charge on any atom is -0.399 e. The lowest BCUT2D eigenvalue weighted by molar-refractivity contribution is 0.339. The third kappa shape index (κ3) is 3.36. The Morgan fingerprint density at radius 2 is 1.38 bits per heavy atom. The summed E-state index contributed by atoms with van der Waals surface area (Å²) in [6, 6.07) is 7.94. The number of aryl methyl sites for hydroxylation is 1. The molecule has 3 rings (SSSR count). The number of nitrogens with zero attached hydrogens (tertiary/aromatic N) is 1. The number of rotatable bonds is 3. The molecule has 0 aromatic heterocycles. The maximum Gasteiger partial charge on any atom is 0.0421 e. The first-order valence-electron chi connectivity index (χ1n) is 8.90. The van der Waals surface area contributed by atoms with E-state index in [9.17, 15) is 0 Å². The molecule has 2 heteroatoms. The van der Waals surface area contributed by atoms with E-state index in [4.69, 9.17) is 5.73 Å². The highest BCUT2D eigenvalue weighted by Crippen LogP contribution is 2.36. The fourth-order valence-electron chi connectivity index (χ4n) is 4.31. The second-order valence-electron chi connectivity index (χ2n) is 7.04. The van der Waals surface area contributed by atoms with Crippen LogP contribution in [0.2, 0.25) is 0 Å². The van der Waals surface area contributed by atoms with Gasteiger partial charge in [0.1, 0.15) is 0 Å². The SMILES string of the molecule is Cc1ccc(N)cc1N(C1CCCCC1)C1CCCCC1. The van der Waals surface area contributed by atoms with Gasteiger partial charge in [0, 0.05) is 23.5 Å². The van der Waals surface area contributed by atoms with Crippen LogP contribution in [-0.4, -0.2) is 12.1 Å². The van der Waals surface area contributed by atoms with Gasteiger partial charge in [-0.1, -0.05) is 44.6 Å². The van der Waals surface area contributed by atoms with Crippen molar-refractivity contribution in [2.45, 2.75) is 83.2 Å². The van der Waals surface area contributed by atoms with Crippen LogP contribution in [0.1, 0.15) is 69.8 Å². The first-order valence-corrected chi connectivity index (χ1v) is 8.90. The van der Waals surface area contributed by atoms with Crippen LogP contribution < -0.4 is 10.6 Å². The standard InChI is InChI=1S/C19H30N2/c1-15-12-13-16(20)14-19(15)21(17-8-4-2-5-9-17)18-10-6-3-7-11-18/h12-14,17-18H,2-11,20H2,1H3. The van der Waals surface area contributed by atoms with Gasteiger partial charge in [0.2, 0.25) is 0 Å². The van der Waals surface area contributed by atoms with E-state index in [2.05, 4.69) is 24.0 Å². The van der Waals surface area contributed by atoms with E-state index in [0.29, 0.717) is 0 Å². The molecule has 2 N–H and O–H groups in total. The Morgan fingerprint density at radius 1 is 0.857 bits per heavy atom. The Kier molecular flexibility index (Phi) is 4.72. The number of nitrogens with two attached hydrogens (primary N) is 1. The van der Waals surface area contributed by atoms with Crippen molar-refractivity contribution in [3.63, 3.8) is 0 Å². The molecule has 21 heavy (non-hydrogen) atoms. The van der Waals surface area contributed by atoms with Crippen molar-refractivity contribution in [3.8, 4) is 0 Å². The third-order valence-electron chi connectivity index (χ3n) is 5.45. The molecule has 0 aliphatic heterocycles. The van der Waals surface area contributed by atoms with Gasteiger partial charge < -0.3 is 10.6 Å². The number of nitrogen functional groups attached to an aromatic ring is 1. The molecule has 0 heterocycles. The number of benzene rings is 1. The summed E-state index contributed by atoms with van der Waals surface area (Å²) in [7, 11) is 0. The van der Waals surface area contributed by atoms with Gasteiger partial charge in [-0.2, -0.15) is 0 Å². The second-order valence-corrected chi connectivity index (χ2v) is 7.04. The summed E-state index contributed by atoms with van der Waals surface area (Å²) >= 11 is 0. The lowest BCUT2D eigenvalue weighted by atomic mass is 9.87. The van der Waals surface area contributed by atoms with Crippen molar-refractivity contribution in [1.29, 1.82) is 0 Å². The maximum absolute atomic E-state index is 6.10. The van der Waals surface area contributed by atoms with Crippen molar-refractivity contribution >= 4 is 11.4 Å². The Balaban J connectivity index is 1.91. The average molecular weight is 286 g/mol. The van der Waals surface area contributed by atoms with Gasteiger partial charge in [-0.25, -0.2) is 0 Å². The first kappa shape index (κ1) is 14.7. The molecule has 0 unspecified atom stereocenters. The van der Waals surface area contributed by atoms with E-state index in [-0.39, 0.29) is 0 Å². The van der Waals surface area contributed by atoms with Gasteiger partial charge >= 0.3 is 0 Å². The van der Waals surface area contributed by atoms with E-state index in [1.54, 1.807) is 0 Å². The monoisotopic (exact) mass is 286 g/mol. The summed E-state index contributed by atoms with van der Waals surface area (Å²) in [6.07, 6.45) is 13.9. The molecule has 116 valence electrons. The van der Waals surface area contributed by atoms with Crippen LogP contribution in [0.15, 0.2) is 18.2 Å². The third-order valence-corrected chi connectivity index (χ3v) is 5.45. The molecular weight excluding hydrogens is 256 g/mol. The van der Waals surface area contributed by atoms with Crippen LogP contribution in [0.4, 0.5) is 11.4 Å². The lowest BCUT2D eigenvalue weighted by Gasteiger charge is -2.44. The molecule has 0 bridgehead atoms. The largest absolute Gasteiger partial charge is 0.399 e. The van der Waals surface area contributed by atoms with Gasteiger partial charge in [-0.3, -0.25) is 0 Å². The Labute approximate surface area is 129 Å². The Hall–Kier alpha value is -1.18. The minimum atomic E-state index is 0.738. The predicted octanol–water partition coefficient (Wildman–Crippen LogP) is 5.05. The summed E-state index contributed by atoms with van der Waals surface area (Å²) in [5.41, 5.74) is 9.81. The van der Waals surface area contributed by atoms with Gasteiger partial charge in [-0.05, 0) is 50.3 Å². The van der Waals surface area contributed by atoms with Crippen LogP contribution in [-0.2, 0) is 0 Å². The highest BCUT2D eigenvalue weighted by atomic mass is 15.2. The van der Waals surface area contributed by atoms with Crippen LogP contribution in [0.3, 0.4) is 0 Å². The molecule has 2 aliphatic rings. The highest BCUT2D eigenvalue weighted by molar-refractivity contribution is 5.62. The van der Waals surface area contributed by atoms with Crippen molar-refractivity contribution in [2.24, 2.45) is 0 Å². The summed E-state index contributed by atoms with van der Waals surface area (Å²) in [6.45, 7) is 2.24. The van der Waals surface area contributed by atoms with Gasteiger partial charge in [-0.15, -0.1) is 0 Å². The van der Waals surface area contributed by atoms with Crippen molar-refractivity contribution in [1.82, 2.24) is 0 Å². The van der Waals surface area contributed by atoms with Crippen LogP contribution in [0.25, 0.3) is 0 Å². The van der Waals surface area contributed by atoms with Gasteiger partial charge in [0.15, 0.2) is 0 Å². The zero-order valence-corrected chi connectivity index (χ0v) is 13.5. The predicted molar refractivity (Wildman–Crippen MR) is 91.8 cm³/mol. The number of hydrogen-bond donors (Lipinski definition) is 1. The molecule has 1 aromatic rings. The molecule has 2 fully saturated rings. The molecule has 2 saturated carbocycles. The van der Waals surface area contributed by atoms with Crippen LogP contribution in [0, 0.1) is 6.92 Å². The van der Waals surface area contributed by atoms with Crippen molar-refractivity contribution in [3.05, 3.63) is 23.8 Å². The number of hydrogen-bond acceptors (Lipinski definition) is 2. The van der Waals surface area contributed by atoms with E-state index < -0.39 is 0 Å². The summed E-state index contributed by atoms with van der Waals surface area (Å²) in [4.78, 5) is 2.78. The van der Waals surface area contributed by atoms with E-state index in [1.165, 1.54) is 75.5 Å². The lowest BCUT2D eigenvalue weighted by Crippen LogP contribution is -2.45. The topological polar surface area (TPSA) is 29.3 Å². The van der Waals surface area contributed by atoms with Crippen LogP contribution >= 0.6 is 0 Å². The van der Waals surface area contributed by atoms with E-state index in [0.717, 1.165) is 17.8 Å². The molecule has 0 spiro atoms. The Morgan fingerprint density at radius 3 is 1.90 bits per heavy atom. The van der Waals surface area contributed by atoms with Crippen molar-refractivity contribution in [2.75, 3.05) is 10.6 Å². The molecule has 2 nitrogen and oxygen atoms in total. The molecule has 0 atom stereocenters. The van der Waals surface area contributed by atoms with Crippen molar-refractivity contribution < 1.29 is 0 Å². The quantitative estimate of drug-likeness (QED) is 0.788.